The maximum Gasteiger partial charge on any atom is 0.411 e. The molecule has 0 bridgehead atoms. The van der Waals surface area contributed by atoms with Crippen molar-refractivity contribution in [3.8, 4) is 0 Å². The van der Waals surface area contributed by atoms with Gasteiger partial charge in [0.05, 0.1) is 12.1 Å². The maximum absolute atomic E-state index is 13.4. The minimum atomic E-state index is -0.985. The van der Waals surface area contributed by atoms with E-state index in [1.165, 1.54) is 4.90 Å². The van der Waals surface area contributed by atoms with Crippen LogP contribution in [0.5, 0.6) is 0 Å². The van der Waals surface area contributed by atoms with Crippen molar-refractivity contribution in [3.63, 3.8) is 0 Å². The van der Waals surface area contributed by atoms with Crippen molar-refractivity contribution in [3.05, 3.63) is 35.9 Å². The lowest BCUT2D eigenvalue weighted by molar-refractivity contribution is -0.144. The number of carboxylic acids is 1. The molecule has 0 unspecified atom stereocenters. The summed E-state index contributed by atoms with van der Waals surface area (Å²) in [5, 5.41) is 14.2. The summed E-state index contributed by atoms with van der Waals surface area (Å²) in [6.45, 7) is 17.3. The SMILES string of the molecule is CC(C)OC(=O)N1[C@H](C(=O)O)[C@@H](C(C)(C)C)[C@H](NCC2CCN(C(C)C)CC2)[C@@H]1c1ccccc1. The van der Waals surface area contributed by atoms with Crippen molar-refractivity contribution in [1.29, 1.82) is 0 Å². The molecule has 2 aliphatic heterocycles. The van der Waals surface area contributed by atoms with E-state index in [9.17, 15) is 14.7 Å². The summed E-state index contributed by atoms with van der Waals surface area (Å²) >= 11 is 0. The first-order chi connectivity index (χ1) is 16.4. The molecule has 0 spiro atoms. The van der Waals surface area contributed by atoms with Crippen LogP contribution in [0.3, 0.4) is 0 Å². The lowest BCUT2D eigenvalue weighted by Crippen LogP contribution is -2.49. The molecule has 7 heteroatoms. The molecule has 0 aliphatic carbocycles. The van der Waals surface area contributed by atoms with Crippen LogP contribution in [0, 0.1) is 17.3 Å². The van der Waals surface area contributed by atoms with Crippen molar-refractivity contribution in [2.75, 3.05) is 19.6 Å². The average molecular weight is 488 g/mol. The largest absolute Gasteiger partial charge is 0.480 e. The highest BCUT2D eigenvalue weighted by Crippen LogP contribution is 2.48. The van der Waals surface area contributed by atoms with Crippen molar-refractivity contribution >= 4 is 12.1 Å². The number of carbonyl (C=O) groups excluding carboxylic acids is 1. The third-order valence-electron chi connectivity index (χ3n) is 7.63. The minimum absolute atomic E-state index is 0.207. The molecule has 1 aromatic rings. The third-order valence-corrected chi connectivity index (χ3v) is 7.63. The van der Waals surface area contributed by atoms with Crippen LogP contribution in [-0.2, 0) is 9.53 Å². The van der Waals surface area contributed by atoms with E-state index in [1.807, 2.05) is 30.3 Å². The second-order valence-corrected chi connectivity index (χ2v) is 11.9. The van der Waals surface area contributed by atoms with Gasteiger partial charge in [0.2, 0.25) is 0 Å². The van der Waals surface area contributed by atoms with Gasteiger partial charge in [-0.2, -0.15) is 0 Å². The van der Waals surface area contributed by atoms with Crippen molar-refractivity contribution in [2.24, 2.45) is 17.3 Å². The Labute approximate surface area is 211 Å². The number of carbonyl (C=O) groups is 2. The number of likely N-dealkylation sites (tertiary alicyclic amines) is 2. The number of hydrogen-bond donors (Lipinski definition) is 2. The fourth-order valence-corrected chi connectivity index (χ4v) is 5.92. The Kier molecular flexibility index (Phi) is 8.86. The molecular weight excluding hydrogens is 442 g/mol. The van der Waals surface area contributed by atoms with E-state index in [2.05, 4.69) is 44.8 Å². The summed E-state index contributed by atoms with van der Waals surface area (Å²) in [7, 11) is 0. The summed E-state index contributed by atoms with van der Waals surface area (Å²) in [5.74, 6) is -0.747. The number of hydrogen-bond acceptors (Lipinski definition) is 5. The molecule has 1 aromatic carbocycles. The number of benzene rings is 1. The number of aliphatic carboxylic acids is 1. The zero-order valence-electron chi connectivity index (χ0n) is 22.5. The number of amides is 1. The van der Waals surface area contributed by atoms with E-state index < -0.39 is 24.1 Å². The number of nitrogens with one attached hydrogen (secondary N) is 1. The van der Waals surface area contributed by atoms with E-state index in [4.69, 9.17) is 4.74 Å². The monoisotopic (exact) mass is 487 g/mol. The zero-order valence-corrected chi connectivity index (χ0v) is 22.5. The minimum Gasteiger partial charge on any atom is -0.480 e. The average Bonchev–Trinajstić information content (AvgIpc) is 3.14. The van der Waals surface area contributed by atoms with E-state index in [0.717, 1.165) is 38.0 Å². The van der Waals surface area contributed by atoms with Crippen LogP contribution in [0.2, 0.25) is 0 Å². The molecule has 2 saturated heterocycles. The Hall–Kier alpha value is -2.12. The summed E-state index contributed by atoms with van der Waals surface area (Å²) in [6, 6.07) is 8.75. The molecule has 0 saturated carbocycles. The quantitative estimate of drug-likeness (QED) is 0.576. The van der Waals surface area contributed by atoms with Gasteiger partial charge in [0.1, 0.15) is 6.04 Å². The van der Waals surface area contributed by atoms with Crippen LogP contribution in [0.1, 0.15) is 72.9 Å². The van der Waals surface area contributed by atoms with Gasteiger partial charge in [0.25, 0.3) is 0 Å². The van der Waals surface area contributed by atoms with Crippen molar-refractivity contribution in [1.82, 2.24) is 15.1 Å². The Balaban J connectivity index is 1.96. The van der Waals surface area contributed by atoms with Crippen LogP contribution in [-0.4, -0.2) is 70.8 Å². The van der Waals surface area contributed by atoms with Gasteiger partial charge in [0, 0.05) is 18.0 Å². The molecule has 196 valence electrons. The van der Waals surface area contributed by atoms with Gasteiger partial charge in [-0.15, -0.1) is 0 Å². The highest BCUT2D eigenvalue weighted by Gasteiger charge is 2.58. The number of piperidine rings is 1. The summed E-state index contributed by atoms with van der Waals surface area (Å²) in [6.07, 6.45) is 1.34. The normalized spacial score (nSPS) is 26.5. The van der Waals surface area contributed by atoms with Crippen LogP contribution >= 0.6 is 0 Å². The van der Waals surface area contributed by atoms with Crippen LogP contribution in [0.4, 0.5) is 4.79 Å². The molecule has 2 N–H and O–H groups in total. The molecule has 2 heterocycles. The molecule has 4 atom stereocenters. The van der Waals surface area contributed by atoms with E-state index in [-0.39, 0.29) is 23.5 Å². The molecule has 0 aromatic heterocycles. The predicted octanol–water partition coefficient (Wildman–Crippen LogP) is 4.78. The highest BCUT2D eigenvalue weighted by molar-refractivity contribution is 5.82. The van der Waals surface area contributed by atoms with Crippen LogP contribution < -0.4 is 5.32 Å². The molecule has 2 fully saturated rings. The van der Waals surface area contributed by atoms with Gasteiger partial charge in [-0.25, -0.2) is 9.59 Å². The number of carboxylic acid groups (broad SMARTS) is 1. The Morgan fingerprint density at radius 2 is 1.69 bits per heavy atom. The Morgan fingerprint density at radius 3 is 2.17 bits per heavy atom. The first-order valence-electron chi connectivity index (χ1n) is 13.2. The topological polar surface area (TPSA) is 82.1 Å². The standard InChI is InChI=1S/C28H45N3O4/c1-18(2)30-15-13-20(14-16-30)17-29-23-22(28(5,6)7)25(26(32)33)31(27(34)35-19(3)4)24(23)21-11-9-8-10-12-21/h8-12,18-20,22-25,29H,13-17H2,1-7H3,(H,32,33)/t22-,23-,24-,25-/m0/s1. The highest BCUT2D eigenvalue weighted by atomic mass is 16.6. The number of nitrogens with zero attached hydrogens (tertiary/aromatic N) is 2. The van der Waals surface area contributed by atoms with Gasteiger partial charge >= 0.3 is 12.1 Å². The lowest BCUT2D eigenvalue weighted by Gasteiger charge is -2.38. The van der Waals surface area contributed by atoms with Crippen LogP contribution in [0.25, 0.3) is 0 Å². The Morgan fingerprint density at radius 1 is 1.09 bits per heavy atom. The fourth-order valence-electron chi connectivity index (χ4n) is 5.92. The molecule has 0 radical (unpaired) electrons. The van der Waals surface area contributed by atoms with Gasteiger partial charge in [-0.1, -0.05) is 51.1 Å². The van der Waals surface area contributed by atoms with Crippen molar-refractivity contribution in [2.45, 2.75) is 91.6 Å². The van der Waals surface area contributed by atoms with Gasteiger partial charge in [-0.05, 0) is 77.1 Å². The van der Waals surface area contributed by atoms with E-state index in [0.29, 0.717) is 12.0 Å². The second kappa shape index (κ2) is 11.3. The smallest absolute Gasteiger partial charge is 0.411 e. The summed E-state index contributed by atoms with van der Waals surface area (Å²) in [5.41, 5.74) is 0.583. The maximum atomic E-state index is 13.4. The molecule has 2 aliphatic rings. The first kappa shape index (κ1) is 27.5. The number of ether oxygens (including phenoxy) is 1. The predicted molar refractivity (Wildman–Crippen MR) is 138 cm³/mol. The van der Waals surface area contributed by atoms with E-state index >= 15 is 0 Å². The van der Waals surface area contributed by atoms with Gasteiger partial charge < -0.3 is 20.1 Å². The summed E-state index contributed by atoms with van der Waals surface area (Å²) < 4.78 is 5.59. The zero-order chi connectivity index (χ0) is 25.9. The molecule has 35 heavy (non-hydrogen) atoms. The molecular formula is C28H45N3O4. The van der Waals surface area contributed by atoms with Gasteiger partial charge in [0.15, 0.2) is 0 Å². The Bertz CT molecular complexity index is 844. The third kappa shape index (κ3) is 6.36. The van der Waals surface area contributed by atoms with Crippen molar-refractivity contribution < 1.29 is 19.4 Å². The first-order valence-corrected chi connectivity index (χ1v) is 13.2. The lowest BCUT2D eigenvalue weighted by atomic mass is 9.72. The second-order valence-electron chi connectivity index (χ2n) is 11.9. The number of rotatable bonds is 7. The fraction of sp³-hybridized carbons (Fsp3) is 0.714. The van der Waals surface area contributed by atoms with Crippen LogP contribution in [0.15, 0.2) is 30.3 Å². The van der Waals surface area contributed by atoms with Gasteiger partial charge in [-0.3, -0.25) is 4.90 Å². The molecule has 1 amide bonds. The molecule has 3 rings (SSSR count). The molecule has 7 nitrogen and oxygen atoms in total. The van der Waals surface area contributed by atoms with E-state index in [1.54, 1.807) is 13.8 Å². The summed E-state index contributed by atoms with van der Waals surface area (Å²) in [4.78, 5) is 30.1.